The Morgan fingerprint density at radius 1 is 1.50 bits per heavy atom. The minimum atomic E-state index is -0.736. The van der Waals surface area contributed by atoms with Crippen molar-refractivity contribution in [1.82, 2.24) is 14.8 Å². The fourth-order valence-electron chi connectivity index (χ4n) is 2.39. The summed E-state index contributed by atoms with van der Waals surface area (Å²) < 4.78 is 15.7. The van der Waals surface area contributed by atoms with Crippen molar-refractivity contribution < 1.29 is 14.1 Å². The van der Waals surface area contributed by atoms with Gasteiger partial charge in [-0.1, -0.05) is 17.8 Å². The Kier molecular flexibility index (Phi) is 5.31. The van der Waals surface area contributed by atoms with Gasteiger partial charge in [0.15, 0.2) is 5.16 Å². The van der Waals surface area contributed by atoms with E-state index in [1.165, 1.54) is 11.8 Å². The first-order valence-electron chi connectivity index (χ1n) is 7.90. The largest absolute Gasteiger partial charge is 0.323 e. The highest BCUT2D eigenvalue weighted by Crippen LogP contribution is 2.40. The number of benzene rings is 1. The van der Waals surface area contributed by atoms with Crippen LogP contribution in [-0.2, 0) is 11.3 Å². The van der Waals surface area contributed by atoms with Gasteiger partial charge in [0, 0.05) is 24.6 Å². The van der Waals surface area contributed by atoms with Crippen LogP contribution in [0.3, 0.4) is 0 Å². The summed E-state index contributed by atoms with van der Waals surface area (Å²) in [6.07, 6.45) is 3.89. The number of rotatable bonds is 8. The zero-order chi connectivity index (χ0) is 18.7. The van der Waals surface area contributed by atoms with E-state index in [1.807, 2.05) is 4.57 Å². The lowest BCUT2D eigenvalue weighted by molar-refractivity contribution is -0.384. The van der Waals surface area contributed by atoms with Crippen molar-refractivity contribution in [3.63, 3.8) is 0 Å². The molecular weight excluding hydrogens is 361 g/mol. The number of halogens is 1. The number of thioether (sulfide) groups is 1. The maximum Gasteiger partial charge on any atom is 0.271 e. The van der Waals surface area contributed by atoms with Crippen molar-refractivity contribution >= 4 is 29.0 Å². The molecule has 8 nitrogen and oxygen atoms in total. The monoisotopic (exact) mass is 377 g/mol. The normalized spacial score (nSPS) is 13.4. The minimum absolute atomic E-state index is 0.0257. The quantitative estimate of drug-likeness (QED) is 0.328. The molecule has 1 saturated carbocycles. The van der Waals surface area contributed by atoms with Crippen molar-refractivity contribution in [2.45, 2.75) is 30.5 Å². The Bertz CT molecular complexity index is 866. The van der Waals surface area contributed by atoms with E-state index in [2.05, 4.69) is 22.1 Å². The lowest BCUT2D eigenvalue weighted by Crippen LogP contribution is -2.16. The van der Waals surface area contributed by atoms with Gasteiger partial charge in [0.1, 0.15) is 11.6 Å². The maximum absolute atomic E-state index is 13.7. The van der Waals surface area contributed by atoms with Crippen molar-refractivity contribution in [3.8, 4) is 0 Å². The van der Waals surface area contributed by atoms with Crippen LogP contribution in [0.4, 0.5) is 15.8 Å². The minimum Gasteiger partial charge on any atom is -0.323 e. The van der Waals surface area contributed by atoms with Gasteiger partial charge in [-0.15, -0.1) is 16.8 Å². The van der Waals surface area contributed by atoms with E-state index < -0.39 is 16.6 Å². The molecule has 0 atom stereocenters. The number of carbonyl (C=O) groups excluding carboxylic acids is 1. The Morgan fingerprint density at radius 2 is 2.27 bits per heavy atom. The van der Waals surface area contributed by atoms with Crippen LogP contribution in [0.1, 0.15) is 24.6 Å². The van der Waals surface area contributed by atoms with Crippen molar-refractivity contribution in [2.75, 3.05) is 11.1 Å². The number of nitrogens with one attached hydrogen (secondary N) is 1. The van der Waals surface area contributed by atoms with Crippen LogP contribution < -0.4 is 5.32 Å². The van der Waals surface area contributed by atoms with E-state index in [0.717, 1.165) is 36.9 Å². The molecule has 0 aliphatic heterocycles. The zero-order valence-electron chi connectivity index (χ0n) is 13.7. The number of nitro groups is 1. The number of non-ortho nitro benzene ring substituents is 1. The molecule has 1 aliphatic carbocycles. The second-order valence-corrected chi connectivity index (χ2v) is 6.71. The van der Waals surface area contributed by atoms with Gasteiger partial charge < -0.3 is 9.88 Å². The Balaban J connectivity index is 1.65. The molecule has 26 heavy (non-hydrogen) atoms. The molecule has 1 fully saturated rings. The molecule has 1 amide bonds. The van der Waals surface area contributed by atoms with Crippen LogP contribution in [0, 0.1) is 15.9 Å². The number of amides is 1. The van der Waals surface area contributed by atoms with Crippen LogP contribution in [-0.4, -0.2) is 31.3 Å². The molecule has 10 heteroatoms. The fraction of sp³-hybridized carbons (Fsp3) is 0.312. The molecule has 0 unspecified atom stereocenters. The molecule has 2 aromatic rings. The Hall–Kier alpha value is -2.75. The van der Waals surface area contributed by atoms with Gasteiger partial charge >= 0.3 is 0 Å². The first-order valence-corrected chi connectivity index (χ1v) is 8.88. The third-order valence-electron chi connectivity index (χ3n) is 3.77. The maximum atomic E-state index is 13.7. The Labute approximate surface area is 152 Å². The third kappa shape index (κ3) is 4.07. The molecule has 0 spiro atoms. The number of hydrogen-bond acceptors (Lipinski definition) is 6. The molecule has 0 saturated heterocycles. The number of carbonyl (C=O) groups is 1. The highest BCUT2D eigenvalue weighted by molar-refractivity contribution is 7.99. The average Bonchev–Trinajstić information content (AvgIpc) is 3.37. The van der Waals surface area contributed by atoms with Crippen LogP contribution in [0.15, 0.2) is 36.0 Å². The average molecular weight is 377 g/mol. The summed E-state index contributed by atoms with van der Waals surface area (Å²) in [5.41, 5.74) is -0.523. The smallest absolute Gasteiger partial charge is 0.271 e. The van der Waals surface area contributed by atoms with Gasteiger partial charge in [0.25, 0.3) is 5.69 Å². The lowest BCUT2D eigenvalue weighted by atomic mass is 10.2. The predicted octanol–water partition coefficient (Wildman–Crippen LogP) is 3.12. The molecule has 1 N–H and O–H groups in total. The molecule has 1 heterocycles. The SMILES string of the molecule is C=CCn1c(SCC(=O)Nc2cc([N+](=O)[O-])ccc2F)nnc1C1CC1. The van der Waals surface area contributed by atoms with Crippen LogP contribution in [0.2, 0.25) is 0 Å². The molecular formula is C16H16FN5O3S. The van der Waals surface area contributed by atoms with Gasteiger partial charge in [-0.3, -0.25) is 14.9 Å². The van der Waals surface area contributed by atoms with Crippen molar-refractivity contribution in [1.29, 1.82) is 0 Å². The van der Waals surface area contributed by atoms with Gasteiger partial charge in [0.05, 0.1) is 16.4 Å². The number of anilines is 1. The summed E-state index contributed by atoms with van der Waals surface area (Å²) in [5, 5.41) is 22.0. The van der Waals surface area contributed by atoms with E-state index in [9.17, 15) is 19.3 Å². The molecule has 1 aliphatic rings. The van der Waals surface area contributed by atoms with Crippen molar-refractivity contribution in [3.05, 3.63) is 52.6 Å². The number of hydrogen-bond donors (Lipinski definition) is 1. The first kappa shape index (κ1) is 18.1. The summed E-state index contributed by atoms with van der Waals surface area (Å²) in [5.74, 6) is 0.0414. The van der Waals surface area contributed by atoms with E-state index in [-0.39, 0.29) is 17.1 Å². The molecule has 136 valence electrons. The standard InChI is InChI=1S/C16H16FN5O3S/c1-2-7-21-15(10-3-4-10)19-20-16(21)26-9-14(23)18-13-8-11(22(24)25)5-6-12(13)17/h2,5-6,8,10H,1,3-4,7,9H2,(H,18,23). The number of aromatic nitrogens is 3. The number of allylic oxidation sites excluding steroid dienone is 1. The summed E-state index contributed by atoms with van der Waals surface area (Å²) in [7, 11) is 0. The van der Waals surface area contributed by atoms with Gasteiger partial charge in [-0.05, 0) is 18.9 Å². The van der Waals surface area contributed by atoms with Crippen molar-refractivity contribution in [2.24, 2.45) is 0 Å². The molecule has 1 aromatic carbocycles. The summed E-state index contributed by atoms with van der Waals surface area (Å²) in [6, 6.07) is 2.98. The van der Waals surface area contributed by atoms with E-state index in [1.54, 1.807) is 6.08 Å². The highest BCUT2D eigenvalue weighted by Gasteiger charge is 2.30. The summed E-state index contributed by atoms with van der Waals surface area (Å²) >= 11 is 1.17. The number of nitrogens with zero attached hydrogens (tertiary/aromatic N) is 4. The van der Waals surface area contributed by atoms with Gasteiger partial charge in [-0.25, -0.2) is 4.39 Å². The van der Waals surface area contributed by atoms with Crippen LogP contribution in [0.25, 0.3) is 0 Å². The number of nitro benzene ring substituents is 1. The van der Waals surface area contributed by atoms with E-state index >= 15 is 0 Å². The molecule has 1 aromatic heterocycles. The predicted molar refractivity (Wildman–Crippen MR) is 94.6 cm³/mol. The van der Waals surface area contributed by atoms with E-state index in [0.29, 0.717) is 17.6 Å². The van der Waals surface area contributed by atoms with E-state index in [4.69, 9.17) is 0 Å². The third-order valence-corrected chi connectivity index (χ3v) is 4.73. The van der Waals surface area contributed by atoms with Crippen LogP contribution >= 0.6 is 11.8 Å². The highest BCUT2D eigenvalue weighted by atomic mass is 32.2. The fourth-order valence-corrected chi connectivity index (χ4v) is 3.14. The Morgan fingerprint density at radius 3 is 2.92 bits per heavy atom. The van der Waals surface area contributed by atoms with Crippen LogP contribution in [0.5, 0.6) is 0 Å². The second kappa shape index (κ2) is 7.65. The topological polar surface area (TPSA) is 103 Å². The van der Waals surface area contributed by atoms with Gasteiger partial charge in [0.2, 0.25) is 5.91 Å². The lowest BCUT2D eigenvalue weighted by Gasteiger charge is -2.08. The first-order chi connectivity index (χ1) is 12.5. The summed E-state index contributed by atoms with van der Waals surface area (Å²) in [6.45, 7) is 4.26. The second-order valence-electron chi connectivity index (χ2n) is 5.77. The zero-order valence-corrected chi connectivity index (χ0v) is 14.5. The summed E-state index contributed by atoms with van der Waals surface area (Å²) in [4.78, 5) is 22.2. The molecule has 0 bridgehead atoms. The van der Waals surface area contributed by atoms with Gasteiger partial charge in [-0.2, -0.15) is 0 Å². The molecule has 0 radical (unpaired) electrons. The molecule has 3 rings (SSSR count).